The van der Waals surface area contributed by atoms with E-state index in [-0.39, 0.29) is 24.0 Å². The molecule has 0 aliphatic rings. The van der Waals surface area contributed by atoms with Gasteiger partial charge in [-0.1, -0.05) is 12.1 Å². The molecule has 0 fully saturated rings. The highest BCUT2D eigenvalue weighted by atomic mass is 127. The number of halogens is 1. The third-order valence-corrected chi connectivity index (χ3v) is 5.45. The summed E-state index contributed by atoms with van der Waals surface area (Å²) in [6.07, 6.45) is 0. The number of imidazole rings is 1. The van der Waals surface area contributed by atoms with Crippen LogP contribution >= 0.6 is 11.3 Å². The van der Waals surface area contributed by atoms with Gasteiger partial charge in [0.15, 0.2) is 11.0 Å². The van der Waals surface area contributed by atoms with Gasteiger partial charge in [0.25, 0.3) is 5.82 Å². The molecule has 0 spiro atoms. The molecule has 0 aliphatic carbocycles. The predicted octanol–water partition coefficient (Wildman–Crippen LogP) is 1.07. The first-order valence-electron chi connectivity index (χ1n) is 7.54. The molecule has 3 nitrogen and oxygen atoms in total. The van der Waals surface area contributed by atoms with Crippen molar-refractivity contribution in [3.8, 4) is 10.6 Å². The minimum atomic E-state index is 0. The molecule has 23 heavy (non-hydrogen) atoms. The lowest BCUT2D eigenvalue weighted by Gasteiger charge is -1.96. The predicted molar refractivity (Wildman–Crippen MR) is 92.1 cm³/mol. The van der Waals surface area contributed by atoms with Crippen molar-refractivity contribution >= 4 is 32.6 Å². The van der Waals surface area contributed by atoms with E-state index < -0.39 is 0 Å². The molecule has 0 unspecified atom stereocenters. The van der Waals surface area contributed by atoms with E-state index in [0.717, 1.165) is 17.1 Å². The topological polar surface area (TPSA) is 21.7 Å². The number of nitrogens with zero attached hydrogens (tertiary/aromatic N) is 3. The Morgan fingerprint density at radius 2 is 1.96 bits per heavy atom. The summed E-state index contributed by atoms with van der Waals surface area (Å²) in [5.41, 5.74) is 4.82. The molecule has 0 saturated heterocycles. The summed E-state index contributed by atoms with van der Waals surface area (Å²) >= 11 is 1.75. The molecule has 5 heteroatoms. The van der Waals surface area contributed by atoms with Gasteiger partial charge in [-0.2, -0.15) is 0 Å². The molecule has 0 atom stereocenters. The van der Waals surface area contributed by atoms with Crippen LogP contribution < -0.4 is 28.5 Å². The molecule has 0 radical (unpaired) electrons. The summed E-state index contributed by atoms with van der Waals surface area (Å²) in [5, 5.41) is 1.09. The van der Waals surface area contributed by atoms with Crippen molar-refractivity contribution < 1.29 is 28.5 Å². The molecule has 118 valence electrons. The number of para-hydroxylation sites is 1. The van der Waals surface area contributed by atoms with E-state index in [4.69, 9.17) is 4.98 Å². The zero-order valence-corrected chi connectivity index (χ0v) is 16.4. The highest BCUT2D eigenvalue weighted by Crippen LogP contribution is 2.31. The number of hydrogen-bond acceptors (Lipinski definition) is 2. The van der Waals surface area contributed by atoms with Crippen LogP contribution in [-0.2, 0) is 13.6 Å². The van der Waals surface area contributed by atoms with Gasteiger partial charge in [-0.3, -0.25) is 0 Å². The number of thiazole rings is 1. The van der Waals surface area contributed by atoms with Gasteiger partial charge in [0.2, 0.25) is 0 Å². The summed E-state index contributed by atoms with van der Waals surface area (Å²) in [4.78, 5) is 4.77. The molecule has 0 aliphatic heterocycles. The Balaban J connectivity index is 0.00000156. The van der Waals surface area contributed by atoms with E-state index in [1.54, 1.807) is 11.3 Å². The second-order valence-corrected chi connectivity index (χ2v) is 6.57. The van der Waals surface area contributed by atoms with Crippen molar-refractivity contribution in [1.82, 2.24) is 9.55 Å². The van der Waals surface area contributed by atoms with E-state index >= 15 is 0 Å². The van der Waals surface area contributed by atoms with Crippen molar-refractivity contribution in [1.29, 1.82) is 0 Å². The molecule has 4 aromatic rings. The van der Waals surface area contributed by atoms with Crippen LogP contribution in [0.5, 0.6) is 0 Å². The van der Waals surface area contributed by atoms with Gasteiger partial charge in [-0.15, -0.1) is 11.3 Å². The van der Waals surface area contributed by atoms with Gasteiger partial charge in [0, 0.05) is 12.5 Å². The summed E-state index contributed by atoms with van der Waals surface area (Å²) in [5.74, 6) is 1.28. The van der Waals surface area contributed by atoms with Crippen molar-refractivity contribution in [3.05, 3.63) is 48.3 Å². The molecular formula is C18H18IN3S. The first kappa shape index (κ1) is 16.4. The number of benzene rings is 2. The minimum Gasteiger partial charge on any atom is -1.00 e. The second-order valence-electron chi connectivity index (χ2n) is 5.54. The Morgan fingerprint density at radius 3 is 2.70 bits per heavy atom. The third kappa shape index (κ3) is 2.55. The van der Waals surface area contributed by atoms with Gasteiger partial charge < -0.3 is 24.0 Å². The van der Waals surface area contributed by atoms with Crippen LogP contribution in [0.25, 0.3) is 31.8 Å². The molecule has 2 aromatic carbocycles. The quantitative estimate of drug-likeness (QED) is 0.341. The first-order valence-corrected chi connectivity index (χ1v) is 8.35. The summed E-state index contributed by atoms with van der Waals surface area (Å²) in [6, 6.07) is 15.0. The molecule has 0 amide bonds. The lowest BCUT2D eigenvalue weighted by molar-refractivity contribution is -0.674. The Bertz CT molecular complexity index is 967. The van der Waals surface area contributed by atoms with Gasteiger partial charge in [-0.05, 0) is 37.3 Å². The fourth-order valence-electron chi connectivity index (χ4n) is 3.08. The lowest BCUT2D eigenvalue weighted by atomic mass is 10.2. The fourth-order valence-corrected chi connectivity index (χ4v) is 4.04. The van der Waals surface area contributed by atoms with Crippen molar-refractivity contribution in [2.75, 3.05) is 0 Å². The Kier molecular flexibility index (Phi) is 4.42. The van der Waals surface area contributed by atoms with E-state index in [1.165, 1.54) is 27.1 Å². The van der Waals surface area contributed by atoms with E-state index in [9.17, 15) is 0 Å². The average Bonchev–Trinajstić information content (AvgIpc) is 3.07. The highest BCUT2D eigenvalue weighted by Gasteiger charge is 2.19. The summed E-state index contributed by atoms with van der Waals surface area (Å²) < 4.78 is 5.84. The average molecular weight is 435 g/mol. The van der Waals surface area contributed by atoms with E-state index in [0.29, 0.717) is 0 Å². The lowest BCUT2D eigenvalue weighted by Crippen LogP contribution is -3.00. The Labute approximate surface area is 156 Å². The molecule has 2 heterocycles. The maximum absolute atomic E-state index is 4.77. The third-order valence-electron chi connectivity index (χ3n) is 4.36. The zero-order chi connectivity index (χ0) is 15.3. The molecule has 0 saturated carbocycles. The Morgan fingerprint density at radius 1 is 1.17 bits per heavy atom. The zero-order valence-electron chi connectivity index (χ0n) is 13.4. The van der Waals surface area contributed by atoms with Gasteiger partial charge >= 0.3 is 0 Å². The van der Waals surface area contributed by atoms with Crippen LogP contribution in [0.15, 0.2) is 42.5 Å². The minimum absolute atomic E-state index is 0. The van der Waals surface area contributed by atoms with Crippen LogP contribution in [0, 0.1) is 6.92 Å². The van der Waals surface area contributed by atoms with Gasteiger partial charge in [0.05, 0.1) is 23.8 Å². The van der Waals surface area contributed by atoms with Gasteiger partial charge in [0.1, 0.15) is 5.01 Å². The smallest absolute Gasteiger partial charge is 0.253 e. The van der Waals surface area contributed by atoms with Crippen molar-refractivity contribution in [2.45, 2.75) is 20.4 Å². The maximum atomic E-state index is 4.77. The van der Waals surface area contributed by atoms with Crippen LogP contribution in [-0.4, -0.2) is 9.55 Å². The number of fused-ring (bicyclic) bond motifs is 2. The number of hydrogen-bond donors (Lipinski definition) is 0. The SMILES string of the molecule is CC[n+]1c(C)n(C)c2cc(-c3nc4ccccc4s3)ccc21.[I-]. The van der Waals surface area contributed by atoms with Crippen molar-refractivity contribution in [3.63, 3.8) is 0 Å². The summed E-state index contributed by atoms with van der Waals surface area (Å²) in [7, 11) is 2.13. The molecular weight excluding hydrogens is 417 g/mol. The van der Waals surface area contributed by atoms with Crippen LogP contribution in [0.3, 0.4) is 0 Å². The van der Waals surface area contributed by atoms with Crippen LogP contribution in [0.1, 0.15) is 12.7 Å². The van der Waals surface area contributed by atoms with E-state index in [2.05, 4.69) is 66.4 Å². The molecule has 0 N–H and O–H groups in total. The Hall–Kier alpha value is -1.47. The standard InChI is InChI=1S/C18H18N3S.HI/c1-4-21-12(2)20(3)16-11-13(9-10-15(16)21)18-19-14-7-5-6-8-17(14)22-18;/h5-11H,4H2,1-3H3;1H/q+1;/p-1. The first-order chi connectivity index (χ1) is 10.7. The monoisotopic (exact) mass is 435 g/mol. The summed E-state index contributed by atoms with van der Waals surface area (Å²) in [6.45, 7) is 5.35. The molecule has 2 aromatic heterocycles. The van der Waals surface area contributed by atoms with E-state index in [1.807, 2.05) is 6.07 Å². The normalized spacial score (nSPS) is 11.1. The second kappa shape index (κ2) is 6.20. The largest absolute Gasteiger partial charge is 1.00 e. The van der Waals surface area contributed by atoms with Crippen molar-refractivity contribution in [2.24, 2.45) is 7.05 Å². The fraction of sp³-hybridized carbons (Fsp3) is 0.222. The van der Waals surface area contributed by atoms with Crippen LogP contribution in [0.4, 0.5) is 0 Å². The number of aromatic nitrogens is 3. The number of rotatable bonds is 2. The molecule has 4 rings (SSSR count). The van der Waals surface area contributed by atoms with Crippen LogP contribution in [0.2, 0.25) is 0 Å². The number of aryl methyl sites for hydroxylation is 2. The maximum Gasteiger partial charge on any atom is 0.253 e. The van der Waals surface area contributed by atoms with Gasteiger partial charge in [-0.25, -0.2) is 14.1 Å². The highest BCUT2D eigenvalue weighted by molar-refractivity contribution is 7.21. The molecule has 0 bridgehead atoms.